The summed E-state index contributed by atoms with van der Waals surface area (Å²) < 4.78 is 30.3. The summed E-state index contributed by atoms with van der Waals surface area (Å²) in [7, 11) is 1.09. The number of nitriles is 1. The number of halogens is 2. The van der Waals surface area contributed by atoms with E-state index in [0.29, 0.717) is 0 Å². The van der Waals surface area contributed by atoms with Gasteiger partial charge >= 0.3 is 5.97 Å². The number of carbonyl (C=O) groups is 1. The van der Waals surface area contributed by atoms with E-state index in [4.69, 9.17) is 5.26 Å². The van der Waals surface area contributed by atoms with E-state index in [-0.39, 0.29) is 5.56 Å². The van der Waals surface area contributed by atoms with Gasteiger partial charge in [-0.3, -0.25) is 0 Å². The third kappa shape index (κ3) is 2.42. The Morgan fingerprint density at radius 2 is 2.19 bits per heavy atom. The largest absolute Gasteiger partial charge is 0.465 e. The lowest BCUT2D eigenvalue weighted by atomic mass is 10.1. The first kappa shape index (κ1) is 11.9. The van der Waals surface area contributed by atoms with Crippen LogP contribution in [0.4, 0.5) is 8.78 Å². The standard InChI is InChI=1S/C11H7F2NO2/c1-16-11(15)8(6-14)5-7-3-2-4-9(12)10(7)13/h2-5H,1H3/b8-5-. The number of benzene rings is 1. The SMILES string of the molecule is COC(=O)/C(C#N)=C\c1cccc(F)c1F. The molecule has 0 spiro atoms. The van der Waals surface area contributed by atoms with Gasteiger partial charge in [0.1, 0.15) is 11.6 Å². The number of hydrogen-bond donors (Lipinski definition) is 0. The predicted molar refractivity (Wildman–Crippen MR) is 52.0 cm³/mol. The molecule has 5 heteroatoms. The van der Waals surface area contributed by atoms with E-state index in [1.165, 1.54) is 12.1 Å². The number of rotatable bonds is 2. The second-order valence-electron chi connectivity index (χ2n) is 2.80. The van der Waals surface area contributed by atoms with E-state index >= 15 is 0 Å². The van der Waals surface area contributed by atoms with Crippen LogP contribution in [0.5, 0.6) is 0 Å². The fraction of sp³-hybridized carbons (Fsp3) is 0.0909. The van der Waals surface area contributed by atoms with Crippen molar-refractivity contribution in [3.63, 3.8) is 0 Å². The zero-order valence-electron chi connectivity index (χ0n) is 8.33. The summed E-state index contributed by atoms with van der Waals surface area (Å²) in [5.74, 6) is -3.05. The maximum absolute atomic E-state index is 13.2. The van der Waals surface area contributed by atoms with Crippen molar-refractivity contribution >= 4 is 12.0 Å². The van der Waals surface area contributed by atoms with Gasteiger partial charge in [-0.05, 0) is 12.1 Å². The summed E-state index contributed by atoms with van der Waals surface area (Å²) in [5, 5.41) is 8.61. The van der Waals surface area contributed by atoms with Crippen LogP contribution in [-0.4, -0.2) is 13.1 Å². The Kier molecular flexibility index (Phi) is 3.72. The van der Waals surface area contributed by atoms with Crippen molar-refractivity contribution in [1.29, 1.82) is 5.26 Å². The van der Waals surface area contributed by atoms with Crippen LogP contribution in [0.3, 0.4) is 0 Å². The molecule has 0 unspecified atom stereocenters. The van der Waals surface area contributed by atoms with Crippen molar-refractivity contribution in [2.75, 3.05) is 7.11 Å². The minimum Gasteiger partial charge on any atom is -0.465 e. The minimum absolute atomic E-state index is 0.179. The number of nitrogens with zero attached hydrogens (tertiary/aromatic N) is 1. The molecule has 0 atom stereocenters. The van der Waals surface area contributed by atoms with Crippen molar-refractivity contribution in [3.8, 4) is 6.07 Å². The van der Waals surface area contributed by atoms with Crippen molar-refractivity contribution in [3.05, 3.63) is 41.0 Å². The molecule has 1 aromatic rings. The van der Waals surface area contributed by atoms with Crippen molar-refractivity contribution in [1.82, 2.24) is 0 Å². The average Bonchev–Trinajstić information content (AvgIpc) is 2.30. The second-order valence-corrected chi connectivity index (χ2v) is 2.80. The third-order valence-electron chi connectivity index (χ3n) is 1.81. The molecule has 0 bridgehead atoms. The van der Waals surface area contributed by atoms with E-state index in [9.17, 15) is 13.6 Å². The summed E-state index contributed by atoms with van der Waals surface area (Å²) in [6.07, 6.45) is 0.935. The molecule has 0 fully saturated rings. The maximum atomic E-state index is 13.2. The molecule has 0 saturated heterocycles. The van der Waals surface area contributed by atoms with E-state index in [1.807, 2.05) is 0 Å². The van der Waals surface area contributed by atoms with Gasteiger partial charge in [-0.2, -0.15) is 5.26 Å². The molecule has 0 N–H and O–H groups in total. The summed E-state index contributed by atoms with van der Waals surface area (Å²) in [4.78, 5) is 11.0. The Morgan fingerprint density at radius 1 is 1.50 bits per heavy atom. The first-order valence-electron chi connectivity index (χ1n) is 4.24. The minimum atomic E-state index is -1.11. The van der Waals surface area contributed by atoms with Crippen LogP contribution in [0.25, 0.3) is 6.08 Å². The molecule has 0 aliphatic rings. The van der Waals surface area contributed by atoms with E-state index in [2.05, 4.69) is 4.74 Å². The Morgan fingerprint density at radius 3 is 2.75 bits per heavy atom. The van der Waals surface area contributed by atoms with Gasteiger partial charge in [0, 0.05) is 5.56 Å². The number of esters is 1. The fourth-order valence-corrected chi connectivity index (χ4v) is 1.03. The Hall–Kier alpha value is -2.22. The lowest BCUT2D eigenvalue weighted by Crippen LogP contribution is -2.03. The van der Waals surface area contributed by atoms with Crippen LogP contribution in [0.1, 0.15) is 5.56 Å². The van der Waals surface area contributed by atoms with Gasteiger partial charge in [0.2, 0.25) is 0 Å². The smallest absolute Gasteiger partial charge is 0.348 e. The van der Waals surface area contributed by atoms with Crippen molar-refractivity contribution in [2.45, 2.75) is 0 Å². The zero-order chi connectivity index (χ0) is 12.1. The van der Waals surface area contributed by atoms with Gasteiger partial charge < -0.3 is 4.74 Å². The van der Waals surface area contributed by atoms with Gasteiger partial charge in [0.25, 0.3) is 0 Å². The summed E-state index contributed by atoms with van der Waals surface area (Å²) in [6.45, 7) is 0. The molecule has 0 saturated carbocycles. The van der Waals surface area contributed by atoms with Crippen LogP contribution in [0.2, 0.25) is 0 Å². The Balaban J connectivity index is 3.20. The number of ether oxygens (including phenoxy) is 1. The molecule has 1 aromatic carbocycles. The number of carbonyl (C=O) groups excluding carboxylic acids is 1. The van der Waals surface area contributed by atoms with Gasteiger partial charge in [0.15, 0.2) is 11.6 Å². The maximum Gasteiger partial charge on any atom is 0.348 e. The zero-order valence-corrected chi connectivity index (χ0v) is 8.33. The van der Waals surface area contributed by atoms with E-state index in [0.717, 1.165) is 19.3 Å². The quantitative estimate of drug-likeness (QED) is 0.438. The van der Waals surface area contributed by atoms with Gasteiger partial charge in [-0.1, -0.05) is 12.1 Å². The topological polar surface area (TPSA) is 50.1 Å². The third-order valence-corrected chi connectivity index (χ3v) is 1.81. The molecular weight excluding hydrogens is 216 g/mol. The van der Waals surface area contributed by atoms with Crippen LogP contribution in [-0.2, 0) is 9.53 Å². The highest BCUT2D eigenvalue weighted by molar-refractivity contribution is 5.97. The van der Waals surface area contributed by atoms with Crippen molar-refractivity contribution in [2.24, 2.45) is 0 Å². The first-order chi connectivity index (χ1) is 7.60. The van der Waals surface area contributed by atoms with Crippen LogP contribution in [0.15, 0.2) is 23.8 Å². The molecule has 0 radical (unpaired) electrons. The average molecular weight is 223 g/mol. The van der Waals surface area contributed by atoms with Gasteiger partial charge in [-0.25, -0.2) is 13.6 Å². The first-order valence-corrected chi connectivity index (χ1v) is 4.24. The number of hydrogen-bond acceptors (Lipinski definition) is 3. The highest BCUT2D eigenvalue weighted by Crippen LogP contribution is 2.15. The molecular formula is C11H7F2NO2. The lowest BCUT2D eigenvalue weighted by Gasteiger charge is -1.99. The van der Waals surface area contributed by atoms with Crippen LogP contribution < -0.4 is 0 Å². The predicted octanol–water partition coefficient (Wildman–Crippen LogP) is 2.04. The van der Waals surface area contributed by atoms with Gasteiger partial charge in [-0.15, -0.1) is 0 Å². The summed E-state index contributed by atoms with van der Waals surface area (Å²) >= 11 is 0. The molecule has 0 amide bonds. The van der Waals surface area contributed by atoms with E-state index in [1.54, 1.807) is 6.07 Å². The molecule has 0 aliphatic heterocycles. The van der Waals surface area contributed by atoms with E-state index < -0.39 is 23.2 Å². The molecule has 0 aliphatic carbocycles. The molecule has 82 valence electrons. The van der Waals surface area contributed by atoms with Crippen LogP contribution >= 0.6 is 0 Å². The monoisotopic (exact) mass is 223 g/mol. The summed E-state index contributed by atoms with van der Waals surface area (Å²) in [6, 6.07) is 5.01. The molecule has 16 heavy (non-hydrogen) atoms. The van der Waals surface area contributed by atoms with Crippen LogP contribution in [0, 0.1) is 23.0 Å². The second kappa shape index (κ2) is 5.03. The molecule has 3 nitrogen and oxygen atoms in total. The fourth-order valence-electron chi connectivity index (χ4n) is 1.03. The lowest BCUT2D eigenvalue weighted by molar-refractivity contribution is -0.135. The normalized spacial score (nSPS) is 10.8. The molecule has 0 aromatic heterocycles. The van der Waals surface area contributed by atoms with Gasteiger partial charge in [0.05, 0.1) is 7.11 Å². The molecule has 1 rings (SSSR count). The highest BCUT2D eigenvalue weighted by atomic mass is 19.2. The van der Waals surface area contributed by atoms with Crippen molar-refractivity contribution < 1.29 is 18.3 Å². The summed E-state index contributed by atoms with van der Waals surface area (Å²) in [5.41, 5.74) is -0.575. The number of methoxy groups -OCH3 is 1. The highest BCUT2D eigenvalue weighted by Gasteiger charge is 2.11. The molecule has 0 heterocycles. The Bertz CT molecular complexity index is 489. The Labute approximate surface area is 90.6 Å².